The molecular weight excluding hydrogens is 288 g/mol. The van der Waals surface area contributed by atoms with Crippen LogP contribution >= 0.6 is 0 Å². The van der Waals surface area contributed by atoms with Crippen molar-refractivity contribution in [1.82, 2.24) is 5.43 Å². The van der Waals surface area contributed by atoms with Crippen molar-refractivity contribution in [2.45, 2.75) is 44.9 Å². The first kappa shape index (κ1) is 14.7. The van der Waals surface area contributed by atoms with Gasteiger partial charge in [-0.1, -0.05) is 0 Å². The lowest BCUT2D eigenvalue weighted by atomic mass is 9.49. The number of furan rings is 1. The molecule has 0 radical (unpaired) electrons. The lowest BCUT2D eigenvalue weighted by Gasteiger charge is -2.56. The molecule has 0 atom stereocenters. The molecule has 0 aliphatic heterocycles. The maximum absolute atomic E-state index is 12.3. The summed E-state index contributed by atoms with van der Waals surface area (Å²) in [4.78, 5) is 12.3. The summed E-state index contributed by atoms with van der Waals surface area (Å²) in [5, 5.41) is 4.02. The molecule has 5 rings (SSSR count). The van der Waals surface area contributed by atoms with Crippen LogP contribution in [0.5, 0.6) is 0 Å². The average Bonchev–Trinajstić information content (AvgIpc) is 2.98. The van der Waals surface area contributed by atoms with Crippen molar-refractivity contribution in [3.05, 3.63) is 30.2 Å². The van der Waals surface area contributed by atoms with Gasteiger partial charge in [-0.05, 0) is 86.0 Å². The molecule has 1 N–H and O–H groups in total. The highest BCUT2D eigenvalue weighted by atomic mass is 16.3. The number of nitrogens with zero attached hydrogens (tertiary/aromatic N) is 1. The van der Waals surface area contributed by atoms with E-state index in [1.165, 1.54) is 38.5 Å². The first-order valence-corrected chi connectivity index (χ1v) is 8.73. The van der Waals surface area contributed by atoms with E-state index in [0.29, 0.717) is 6.42 Å². The molecule has 1 amide bonds. The van der Waals surface area contributed by atoms with Gasteiger partial charge in [-0.3, -0.25) is 4.79 Å². The Morgan fingerprint density at radius 1 is 1.26 bits per heavy atom. The number of allylic oxidation sites excluding steroid dienone is 1. The molecule has 4 heteroatoms. The number of hydrogen-bond acceptors (Lipinski definition) is 3. The monoisotopic (exact) mass is 312 g/mol. The van der Waals surface area contributed by atoms with Gasteiger partial charge in [0.2, 0.25) is 5.91 Å². The largest absolute Gasteiger partial charge is 0.465 e. The Bertz CT molecular complexity index is 580. The minimum atomic E-state index is 0.0644. The maximum atomic E-state index is 12.3. The van der Waals surface area contributed by atoms with Crippen LogP contribution in [0.1, 0.15) is 50.7 Å². The van der Waals surface area contributed by atoms with Gasteiger partial charge >= 0.3 is 0 Å². The molecular formula is C19H24N2O2. The molecule has 23 heavy (non-hydrogen) atoms. The molecule has 122 valence electrons. The summed E-state index contributed by atoms with van der Waals surface area (Å²) in [5.41, 5.74) is 2.96. The summed E-state index contributed by atoms with van der Waals surface area (Å²) in [6.45, 7) is 0. The van der Waals surface area contributed by atoms with E-state index in [1.54, 1.807) is 18.6 Å². The smallest absolute Gasteiger partial charge is 0.240 e. The van der Waals surface area contributed by atoms with Crippen molar-refractivity contribution in [1.29, 1.82) is 0 Å². The maximum Gasteiger partial charge on any atom is 0.240 e. The Hall–Kier alpha value is -1.84. The number of carbonyl (C=O) groups excluding carboxylic acids is 1. The second kappa shape index (κ2) is 5.99. The van der Waals surface area contributed by atoms with Crippen molar-refractivity contribution >= 4 is 18.2 Å². The van der Waals surface area contributed by atoms with Crippen molar-refractivity contribution < 1.29 is 9.21 Å². The molecule has 4 aliphatic carbocycles. The fourth-order valence-corrected chi connectivity index (χ4v) is 5.56. The number of nitrogens with one attached hydrogen (secondary N) is 1. The number of rotatable bonds is 5. The van der Waals surface area contributed by atoms with Gasteiger partial charge < -0.3 is 4.42 Å². The topological polar surface area (TPSA) is 54.6 Å². The highest BCUT2D eigenvalue weighted by Gasteiger charge is 2.51. The fraction of sp³-hybridized carbons (Fsp3) is 0.579. The molecule has 1 heterocycles. The highest BCUT2D eigenvalue weighted by molar-refractivity contribution is 5.81. The van der Waals surface area contributed by atoms with E-state index in [9.17, 15) is 4.79 Å². The Morgan fingerprint density at radius 2 is 1.96 bits per heavy atom. The van der Waals surface area contributed by atoms with Crippen molar-refractivity contribution in [3.8, 4) is 0 Å². The van der Waals surface area contributed by atoms with Crippen LogP contribution in [0.15, 0.2) is 34.0 Å². The molecule has 0 spiro atoms. The van der Waals surface area contributed by atoms with E-state index >= 15 is 0 Å². The van der Waals surface area contributed by atoms with E-state index < -0.39 is 0 Å². The van der Waals surface area contributed by atoms with Gasteiger partial charge in [0.05, 0.1) is 6.26 Å². The van der Waals surface area contributed by atoms with Gasteiger partial charge in [-0.15, -0.1) is 0 Å². The zero-order chi connectivity index (χ0) is 15.7. The van der Waals surface area contributed by atoms with Crippen LogP contribution in [0.4, 0.5) is 0 Å². The van der Waals surface area contributed by atoms with Crippen LogP contribution in [0, 0.1) is 23.2 Å². The third-order valence-electron chi connectivity index (χ3n) is 5.85. The normalized spacial score (nSPS) is 35.4. The minimum absolute atomic E-state index is 0.0644. The third-order valence-corrected chi connectivity index (χ3v) is 5.85. The first-order valence-electron chi connectivity index (χ1n) is 8.73. The summed E-state index contributed by atoms with van der Waals surface area (Å²) < 4.78 is 5.18. The van der Waals surface area contributed by atoms with Crippen LogP contribution in [0.25, 0.3) is 6.08 Å². The Balaban J connectivity index is 1.29. The van der Waals surface area contributed by atoms with Crippen LogP contribution in [-0.4, -0.2) is 12.1 Å². The SMILES string of the molecule is O=C(CC12CC3CC(CC(C3)C1)C2)NN=C/C=C\c1ccco1. The summed E-state index contributed by atoms with van der Waals surface area (Å²) in [6.07, 6.45) is 15.5. The summed E-state index contributed by atoms with van der Waals surface area (Å²) >= 11 is 0. The van der Waals surface area contributed by atoms with Crippen molar-refractivity contribution in [3.63, 3.8) is 0 Å². The van der Waals surface area contributed by atoms with Gasteiger partial charge in [0, 0.05) is 12.6 Å². The van der Waals surface area contributed by atoms with E-state index in [4.69, 9.17) is 4.42 Å². The predicted octanol–water partition coefficient (Wildman–Crippen LogP) is 4.00. The number of amides is 1. The Labute approximate surface area is 137 Å². The predicted molar refractivity (Wildman–Crippen MR) is 89.6 cm³/mol. The van der Waals surface area contributed by atoms with E-state index in [1.807, 2.05) is 18.2 Å². The molecule has 1 aromatic heterocycles. The lowest BCUT2D eigenvalue weighted by Crippen LogP contribution is -2.47. The van der Waals surface area contributed by atoms with Crippen LogP contribution in [0.2, 0.25) is 0 Å². The molecule has 4 nitrogen and oxygen atoms in total. The minimum Gasteiger partial charge on any atom is -0.465 e. The molecule has 0 saturated heterocycles. The Morgan fingerprint density at radius 3 is 2.57 bits per heavy atom. The second-order valence-electron chi connectivity index (χ2n) is 7.78. The highest BCUT2D eigenvalue weighted by Crippen LogP contribution is 2.61. The Kier molecular flexibility index (Phi) is 3.83. The molecule has 4 fully saturated rings. The zero-order valence-electron chi connectivity index (χ0n) is 13.4. The number of carbonyl (C=O) groups is 1. The molecule has 4 saturated carbocycles. The summed E-state index contributed by atoms with van der Waals surface area (Å²) in [7, 11) is 0. The van der Waals surface area contributed by atoms with Crippen molar-refractivity contribution in [2.24, 2.45) is 28.3 Å². The van der Waals surface area contributed by atoms with Crippen LogP contribution in [0.3, 0.4) is 0 Å². The quantitative estimate of drug-likeness (QED) is 0.660. The molecule has 4 aliphatic rings. The van der Waals surface area contributed by atoms with Gasteiger partial charge in [0.1, 0.15) is 5.76 Å². The second-order valence-corrected chi connectivity index (χ2v) is 7.78. The fourth-order valence-electron chi connectivity index (χ4n) is 5.56. The van der Waals surface area contributed by atoms with Gasteiger partial charge in [0.15, 0.2) is 0 Å². The zero-order valence-corrected chi connectivity index (χ0v) is 13.4. The third kappa shape index (κ3) is 3.26. The van der Waals surface area contributed by atoms with Crippen molar-refractivity contribution in [2.75, 3.05) is 0 Å². The van der Waals surface area contributed by atoms with Crippen LogP contribution < -0.4 is 5.43 Å². The van der Waals surface area contributed by atoms with E-state index in [0.717, 1.165) is 23.5 Å². The average molecular weight is 312 g/mol. The van der Waals surface area contributed by atoms with Gasteiger partial charge in [-0.2, -0.15) is 5.10 Å². The van der Waals surface area contributed by atoms with Gasteiger partial charge in [-0.25, -0.2) is 5.43 Å². The molecule has 0 unspecified atom stereocenters. The summed E-state index contributed by atoms with van der Waals surface area (Å²) in [6, 6.07) is 3.71. The van der Waals surface area contributed by atoms with Gasteiger partial charge in [0.25, 0.3) is 0 Å². The molecule has 1 aromatic rings. The molecule has 4 bridgehead atoms. The number of hydrazone groups is 1. The first-order chi connectivity index (χ1) is 11.2. The van der Waals surface area contributed by atoms with E-state index in [2.05, 4.69) is 10.5 Å². The van der Waals surface area contributed by atoms with Crippen LogP contribution in [-0.2, 0) is 4.79 Å². The standard InChI is InChI=1S/C19H24N2O2/c22-18(21-20-5-1-3-17-4-2-6-23-17)13-19-10-14-7-15(11-19)9-16(8-14)12-19/h1-6,14-16H,7-13H2,(H,21,22)/b3-1-,20-5?. The summed E-state index contributed by atoms with van der Waals surface area (Å²) in [5.74, 6) is 3.49. The van der Waals surface area contributed by atoms with E-state index in [-0.39, 0.29) is 11.3 Å². The molecule has 0 aromatic carbocycles. The lowest BCUT2D eigenvalue weighted by molar-refractivity contribution is -0.129. The number of hydrogen-bond donors (Lipinski definition) is 1.